The Hall–Kier alpha value is 1.40. The van der Waals surface area contributed by atoms with Crippen molar-refractivity contribution in [1.82, 2.24) is 0 Å². The van der Waals surface area contributed by atoms with Crippen LogP contribution in [0, 0.1) is 0 Å². The molecule has 0 N–H and O–H groups in total. The lowest BCUT2D eigenvalue weighted by molar-refractivity contribution is 0.0930. The van der Waals surface area contributed by atoms with E-state index in [4.69, 9.17) is 9.31 Å². The summed E-state index contributed by atoms with van der Waals surface area (Å²) in [5.74, 6) is 0. The lowest BCUT2D eigenvalue weighted by Crippen LogP contribution is -2.28. The minimum Gasteiger partial charge on any atom is -0.372 e. The molecule has 107 valence electrons. The molecule has 0 aliphatic heterocycles. The van der Waals surface area contributed by atoms with E-state index in [1.54, 1.807) is 0 Å². The topological polar surface area (TPSA) is 38.4 Å². The summed E-state index contributed by atoms with van der Waals surface area (Å²) in [6.45, 7) is 4.33. The van der Waals surface area contributed by atoms with Crippen molar-refractivity contribution >= 4 is 52.5 Å². The lowest BCUT2D eigenvalue weighted by atomic mass is 10.2. The van der Waals surface area contributed by atoms with Gasteiger partial charge in [0, 0.05) is 0 Å². The molecule has 0 spiro atoms. The van der Waals surface area contributed by atoms with Crippen LogP contribution in [0.5, 0.6) is 0 Å². The Morgan fingerprint density at radius 3 is 1.61 bits per heavy atom. The van der Waals surface area contributed by atoms with Gasteiger partial charge in [0.2, 0.25) is 0 Å². The Morgan fingerprint density at radius 2 is 1.28 bits per heavy atom. The van der Waals surface area contributed by atoms with Crippen LogP contribution >= 0.6 is 45.2 Å². The third-order valence-electron chi connectivity index (χ3n) is 2.59. The first-order valence-corrected chi connectivity index (χ1v) is 9.34. The molecule has 0 aromatic heterocycles. The molecule has 3 nitrogen and oxygen atoms in total. The molecular weight excluding hydrogens is 457 g/mol. The van der Waals surface area contributed by atoms with Crippen LogP contribution in [0.1, 0.15) is 65.2 Å². The van der Waals surface area contributed by atoms with Gasteiger partial charge in [-0.05, 0) is 12.8 Å². The number of alkyl halides is 2. The highest BCUT2D eigenvalue weighted by atomic mass is 127. The molecule has 2 unspecified atom stereocenters. The number of rotatable bonds is 12. The molecule has 0 rings (SSSR count). The highest BCUT2D eigenvalue weighted by molar-refractivity contribution is 14.1. The number of hydrogen-bond donors (Lipinski definition) is 0. The van der Waals surface area contributed by atoms with E-state index >= 15 is 0 Å². The molecule has 0 aromatic carbocycles. The third kappa shape index (κ3) is 12.4. The quantitative estimate of drug-likeness (QED) is 0.168. The van der Waals surface area contributed by atoms with Gasteiger partial charge in [-0.25, -0.2) is 5.02 Å². The predicted molar refractivity (Wildman–Crippen MR) is 92.5 cm³/mol. The molecule has 2 atom stereocenters. The monoisotopic (exact) mass is 481 g/mol. The van der Waals surface area contributed by atoms with Gasteiger partial charge in [-0.3, -0.25) is 0 Å². The van der Waals surface area contributed by atoms with Crippen LogP contribution in [0.4, 0.5) is 0 Å². The van der Waals surface area contributed by atoms with Crippen LogP contribution in [-0.2, 0) is 14.3 Å². The maximum atomic E-state index is 11.6. The molecule has 6 heteroatoms. The first-order valence-electron chi connectivity index (χ1n) is 6.85. The highest BCUT2D eigenvalue weighted by Gasteiger charge is 2.25. The van der Waals surface area contributed by atoms with Gasteiger partial charge in [0.05, 0.1) is 8.22 Å². The average molecular weight is 481 g/mol. The van der Waals surface area contributed by atoms with Crippen LogP contribution in [0.3, 0.4) is 0 Å². The first-order chi connectivity index (χ1) is 8.60. The fourth-order valence-electron chi connectivity index (χ4n) is 1.52. The standard InChI is InChI=1S/C12H24BI2O3/c1-3-5-7-9-11(14)17-13(16)18-12(15)10-8-6-4-2/h11-12H,3-10H2,1-2H3. The predicted octanol–water partition coefficient (Wildman–Crippen LogP) is 5.12. The van der Waals surface area contributed by atoms with Gasteiger partial charge in [0.25, 0.3) is 0 Å². The number of hydrogen-bond acceptors (Lipinski definition) is 2. The maximum absolute atomic E-state index is 11.6. The number of unbranched alkanes of at least 4 members (excludes halogenated alkanes) is 4. The Labute approximate surface area is 139 Å². The summed E-state index contributed by atoms with van der Waals surface area (Å²) >= 11 is 4.35. The Kier molecular flexibility index (Phi) is 14.4. The summed E-state index contributed by atoms with van der Waals surface area (Å²) in [5, 5.41) is 11.6. The fourth-order valence-corrected chi connectivity index (χ4v) is 2.88. The molecule has 0 aliphatic carbocycles. The van der Waals surface area contributed by atoms with Crippen molar-refractivity contribution in [2.45, 2.75) is 73.4 Å². The third-order valence-corrected chi connectivity index (χ3v) is 4.42. The minimum absolute atomic E-state index is 0.0316. The molecule has 1 radical (unpaired) electrons. The van der Waals surface area contributed by atoms with Crippen molar-refractivity contribution in [2.24, 2.45) is 0 Å². The van der Waals surface area contributed by atoms with Crippen molar-refractivity contribution in [3.05, 3.63) is 0 Å². The molecule has 0 saturated heterocycles. The van der Waals surface area contributed by atoms with E-state index in [0.29, 0.717) is 0 Å². The van der Waals surface area contributed by atoms with Gasteiger partial charge in [0.1, 0.15) is 0 Å². The molecule has 0 aromatic rings. The van der Waals surface area contributed by atoms with E-state index in [9.17, 15) is 5.02 Å². The number of halogens is 2. The molecule has 0 saturated carbocycles. The second-order valence-electron chi connectivity index (χ2n) is 4.37. The lowest BCUT2D eigenvalue weighted by Gasteiger charge is -2.16. The fraction of sp³-hybridized carbons (Fsp3) is 1.00. The van der Waals surface area contributed by atoms with Gasteiger partial charge in [-0.15, -0.1) is 0 Å². The van der Waals surface area contributed by atoms with Gasteiger partial charge in [-0.2, -0.15) is 0 Å². The molecule has 0 heterocycles. The van der Waals surface area contributed by atoms with Crippen molar-refractivity contribution < 1.29 is 14.3 Å². The van der Waals surface area contributed by atoms with Crippen molar-refractivity contribution in [1.29, 1.82) is 0 Å². The second kappa shape index (κ2) is 13.4. The maximum Gasteiger partial charge on any atom is 0.668 e. The normalized spacial score (nSPS) is 14.5. The Morgan fingerprint density at radius 1 is 0.889 bits per heavy atom. The first kappa shape index (κ1) is 19.4. The van der Waals surface area contributed by atoms with E-state index in [1.807, 2.05) is 0 Å². The summed E-state index contributed by atoms with van der Waals surface area (Å²) < 4.78 is 10.5. The van der Waals surface area contributed by atoms with Crippen molar-refractivity contribution in [2.75, 3.05) is 0 Å². The smallest absolute Gasteiger partial charge is 0.372 e. The van der Waals surface area contributed by atoms with Gasteiger partial charge in [-0.1, -0.05) is 97.6 Å². The summed E-state index contributed by atoms with van der Waals surface area (Å²) in [5.41, 5.74) is 0. The molecule has 0 amide bonds. The van der Waals surface area contributed by atoms with E-state index in [1.165, 1.54) is 25.7 Å². The average Bonchev–Trinajstić information content (AvgIpc) is 2.29. The minimum atomic E-state index is -1.34. The van der Waals surface area contributed by atoms with Crippen molar-refractivity contribution in [3.63, 3.8) is 0 Å². The van der Waals surface area contributed by atoms with E-state index in [2.05, 4.69) is 59.0 Å². The Balaban J connectivity index is 3.58. The summed E-state index contributed by atoms with van der Waals surface area (Å²) in [6.07, 6.45) is 8.85. The zero-order valence-corrected chi connectivity index (χ0v) is 15.7. The van der Waals surface area contributed by atoms with Crippen molar-refractivity contribution in [3.8, 4) is 0 Å². The highest BCUT2D eigenvalue weighted by Crippen LogP contribution is 2.18. The van der Waals surface area contributed by atoms with Crippen LogP contribution in [0.15, 0.2) is 0 Å². The van der Waals surface area contributed by atoms with E-state index in [-0.39, 0.29) is 8.22 Å². The van der Waals surface area contributed by atoms with Gasteiger partial charge in [0.15, 0.2) is 0 Å². The van der Waals surface area contributed by atoms with Crippen LogP contribution < -0.4 is 0 Å². The molecule has 0 aliphatic rings. The summed E-state index contributed by atoms with van der Waals surface area (Å²) in [7, 11) is -1.34. The largest absolute Gasteiger partial charge is 0.668 e. The molecule has 0 bridgehead atoms. The zero-order chi connectivity index (χ0) is 13.8. The zero-order valence-electron chi connectivity index (χ0n) is 11.4. The van der Waals surface area contributed by atoms with Crippen LogP contribution in [-0.4, -0.2) is 15.5 Å². The Bertz CT molecular complexity index is 169. The van der Waals surface area contributed by atoms with Crippen LogP contribution in [0.25, 0.3) is 0 Å². The summed E-state index contributed by atoms with van der Waals surface area (Å²) in [4.78, 5) is 0. The van der Waals surface area contributed by atoms with E-state index in [0.717, 1.165) is 25.7 Å². The molecule has 0 fully saturated rings. The SMILES string of the molecule is CCCCCC(I)OB([O])OC(I)CCCCC. The molecule has 18 heavy (non-hydrogen) atoms. The second-order valence-corrected chi connectivity index (χ2v) is 7.15. The van der Waals surface area contributed by atoms with E-state index < -0.39 is 7.32 Å². The van der Waals surface area contributed by atoms with Crippen LogP contribution in [0.2, 0.25) is 0 Å². The summed E-state index contributed by atoms with van der Waals surface area (Å²) in [6, 6.07) is 0. The van der Waals surface area contributed by atoms with Gasteiger partial charge >= 0.3 is 7.32 Å². The molecular formula is C12H24BI2O3. The van der Waals surface area contributed by atoms with Gasteiger partial charge < -0.3 is 9.31 Å².